The van der Waals surface area contributed by atoms with Crippen LogP contribution in [0.2, 0.25) is 0 Å². The zero-order valence-electron chi connectivity index (χ0n) is 17.7. The first kappa shape index (κ1) is 21.6. The summed E-state index contributed by atoms with van der Waals surface area (Å²) in [6.07, 6.45) is 1.79. The van der Waals surface area contributed by atoms with Gasteiger partial charge in [-0.25, -0.2) is 9.97 Å². The molecule has 0 spiro atoms. The highest BCUT2D eigenvalue weighted by Gasteiger charge is 2.08. The maximum absolute atomic E-state index is 5.87. The Labute approximate surface area is 181 Å². The van der Waals surface area contributed by atoms with E-state index in [1.54, 1.807) is 24.6 Å². The Kier molecular flexibility index (Phi) is 7.62. The first-order valence-corrected chi connectivity index (χ1v) is 10.6. The molecule has 0 aliphatic carbocycles. The van der Waals surface area contributed by atoms with E-state index in [2.05, 4.69) is 25.6 Å². The van der Waals surface area contributed by atoms with Gasteiger partial charge in [0.05, 0.1) is 23.9 Å². The summed E-state index contributed by atoms with van der Waals surface area (Å²) in [4.78, 5) is 14.3. The standard InChI is InChI=1S/C22H27N5O2S/c1-5-28-18-8-6-7-9-19(18)29-21-11-10-17(12-24-21)13-25-22(23-4)26-14-20-15(2)27-16(3)30-20/h6-12H,5,13-14H2,1-4H3,(H2,23,25,26). The minimum atomic E-state index is 0.518. The SMILES string of the molecule is CCOc1ccccc1Oc1ccc(CNC(=NC)NCc2sc(C)nc2C)cn1. The predicted molar refractivity (Wildman–Crippen MR) is 121 cm³/mol. The van der Waals surface area contributed by atoms with Crippen molar-refractivity contribution in [1.82, 2.24) is 20.6 Å². The van der Waals surface area contributed by atoms with Crippen LogP contribution < -0.4 is 20.1 Å². The Morgan fingerprint density at radius 1 is 1.07 bits per heavy atom. The number of pyridine rings is 1. The summed E-state index contributed by atoms with van der Waals surface area (Å²) in [6, 6.07) is 11.4. The monoisotopic (exact) mass is 425 g/mol. The average Bonchev–Trinajstić information content (AvgIpc) is 3.08. The minimum absolute atomic E-state index is 0.518. The number of hydrogen-bond donors (Lipinski definition) is 2. The van der Waals surface area contributed by atoms with Gasteiger partial charge in [0, 0.05) is 30.7 Å². The second-order valence-electron chi connectivity index (χ2n) is 6.51. The summed E-state index contributed by atoms with van der Waals surface area (Å²) in [5.74, 6) is 2.60. The first-order chi connectivity index (χ1) is 14.6. The van der Waals surface area contributed by atoms with Crippen LogP contribution in [-0.4, -0.2) is 29.6 Å². The number of hydrogen-bond acceptors (Lipinski definition) is 6. The highest BCUT2D eigenvalue weighted by atomic mass is 32.1. The van der Waals surface area contributed by atoms with Crippen molar-refractivity contribution < 1.29 is 9.47 Å². The molecular weight excluding hydrogens is 398 g/mol. The largest absolute Gasteiger partial charge is 0.490 e. The molecular formula is C22H27N5O2S. The molecule has 0 unspecified atom stereocenters. The van der Waals surface area contributed by atoms with E-state index < -0.39 is 0 Å². The number of thiazole rings is 1. The van der Waals surface area contributed by atoms with E-state index in [-0.39, 0.29) is 0 Å². The predicted octanol–water partition coefficient (Wildman–Crippen LogP) is 4.21. The molecule has 3 aromatic rings. The number of ether oxygens (including phenoxy) is 2. The van der Waals surface area contributed by atoms with Crippen molar-refractivity contribution in [2.75, 3.05) is 13.7 Å². The van der Waals surface area contributed by atoms with Crippen molar-refractivity contribution in [3.8, 4) is 17.4 Å². The fraction of sp³-hybridized carbons (Fsp3) is 0.318. The van der Waals surface area contributed by atoms with E-state index in [0.717, 1.165) is 22.2 Å². The van der Waals surface area contributed by atoms with Crippen LogP contribution in [0.1, 0.15) is 28.1 Å². The van der Waals surface area contributed by atoms with E-state index in [1.807, 2.05) is 57.2 Å². The molecule has 2 heterocycles. The van der Waals surface area contributed by atoms with Crippen LogP contribution in [0.4, 0.5) is 0 Å². The summed E-state index contributed by atoms with van der Waals surface area (Å²) >= 11 is 1.70. The van der Waals surface area contributed by atoms with Crippen molar-refractivity contribution >= 4 is 17.3 Å². The quantitative estimate of drug-likeness (QED) is 0.416. The lowest BCUT2D eigenvalue weighted by molar-refractivity contribution is 0.319. The van der Waals surface area contributed by atoms with Gasteiger partial charge < -0.3 is 20.1 Å². The molecule has 0 saturated carbocycles. The normalized spacial score (nSPS) is 11.3. The van der Waals surface area contributed by atoms with Gasteiger partial charge in [0.15, 0.2) is 17.5 Å². The number of nitrogens with one attached hydrogen (secondary N) is 2. The lowest BCUT2D eigenvalue weighted by Crippen LogP contribution is -2.36. The van der Waals surface area contributed by atoms with Gasteiger partial charge in [-0.2, -0.15) is 0 Å². The third-order valence-corrected chi connectivity index (χ3v) is 5.33. The number of nitrogens with zero attached hydrogens (tertiary/aromatic N) is 3. The maximum atomic E-state index is 5.87. The molecule has 8 heteroatoms. The lowest BCUT2D eigenvalue weighted by atomic mass is 10.3. The lowest BCUT2D eigenvalue weighted by Gasteiger charge is -2.12. The van der Waals surface area contributed by atoms with Gasteiger partial charge in [-0.05, 0) is 38.5 Å². The van der Waals surface area contributed by atoms with Crippen LogP contribution in [0.5, 0.6) is 17.4 Å². The van der Waals surface area contributed by atoms with Gasteiger partial charge in [0.1, 0.15) is 0 Å². The molecule has 0 atom stereocenters. The minimum Gasteiger partial charge on any atom is -0.490 e. The number of aliphatic imine (C=N–C) groups is 1. The van der Waals surface area contributed by atoms with Crippen LogP contribution in [0.15, 0.2) is 47.6 Å². The van der Waals surface area contributed by atoms with Crippen LogP contribution >= 0.6 is 11.3 Å². The van der Waals surface area contributed by atoms with Gasteiger partial charge in [-0.15, -0.1) is 11.3 Å². The smallest absolute Gasteiger partial charge is 0.219 e. The number of para-hydroxylation sites is 2. The molecule has 7 nitrogen and oxygen atoms in total. The number of rotatable bonds is 8. The van der Waals surface area contributed by atoms with Gasteiger partial charge >= 0.3 is 0 Å². The van der Waals surface area contributed by atoms with E-state index in [4.69, 9.17) is 9.47 Å². The third-order valence-electron chi connectivity index (χ3n) is 4.26. The molecule has 2 N–H and O–H groups in total. The Hall–Kier alpha value is -3.13. The van der Waals surface area contributed by atoms with Gasteiger partial charge in [-0.3, -0.25) is 4.99 Å². The van der Waals surface area contributed by atoms with Crippen molar-refractivity contribution in [2.24, 2.45) is 4.99 Å². The Bertz CT molecular complexity index is 985. The fourth-order valence-electron chi connectivity index (χ4n) is 2.81. The molecule has 30 heavy (non-hydrogen) atoms. The van der Waals surface area contributed by atoms with Crippen LogP contribution in [0.25, 0.3) is 0 Å². The summed E-state index contributed by atoms with van der Waals surface area (Å²) in [5, 5.41) is 7.70. The highest BCUT2D eigenvalue weighted by Crippen LogP contribution is 2.30. The molecule has 1 aromatic carbocycles. The molecule has 0 saturated heterocycles. The number of guanidine groups is 1. The summed E-state index contributed by atoms with van der Waals surface area (Å²) in [5.41, 5.74) is 2.08. The molecule has 158 valence electrons. The molecule has 0 amide bonds. The van der Waals surface area contributed by atoms with E-state index >= 15 is 0 Å². The second-order valence-corrected chi connectivity index (χ2v) is 7.80. The van der Waals surface area contributed by atoms with Crippen molar-refractivity contribution in [3.63, 3.8) is 0 Å². The number of benzene rings is 1. The molecule has 0 aliphatic heterocycles. The van der Waals surface area contributed by atoms with E-state index in [1.165, 1.54) is 4.88 Å². The van der Waals surface area contributed by atoms with Gasteiger partial charge in [0.25, 0.3) is 0 Å². The van der Waals surface area contributed by atoms with Gasteiger partial charge in [-0.1, -0.05) is 18.2 Å². The van der Waals surface area contributed by atoms with E-state index in [0.29, 0.717) is 37.1 Å². The molecule has 0 aliphatic rings. The maximum Gasteiger partial charge on any atom is 0.219 e. The van der Waals surface area contributed by atoms with E-state index in [9.17, 15) is 0 Å². The first-order valence-electron chi connectivity index (χ1n) is 9.81. The average molecular weight is 426 g/mol. The molecule has 0 fully saturated rings. The summed E-state index contributed by atoms with van der Waals surface area (Å²) in [6.45, 7) is 7.86. The fourth-order valence-corrected chi connectivity index (χ4v) is 3.68. The Morgan fingerprint density at radius 2 is 1.83 bits per heavy atom. The summed E-state index contributed by atoms with van der Waals surface area (Å²) < 4.78 is 11.5. The second kappa shape index (κ2) is 10.6. The van der Waals surface area contributed by atoms with Crippen LogP contribution in [0.3, 0.4) is 0 Å². The highest BCUT2D eigenvalue weighted by molar-refractivity contribution is 7.11. The Morgan fingerprint density at radius 3 is 2.47 bits per heavy atom. The van der Waals surface area contributed by atoms with Crippen molar-refractivity contribution in [2.45, 2.75) is 33.9 Å². The zero-order valence-corrected chi connectivity index (χ0v) is 18.5. The van der Waals surface area contributed by atoms with Crippen molar-refractivity contribution in [1.29, 1.82) is 0 Å². The molecule has 2 aromatic heterocycles. The van der Waals surface area contributed by atoms with Gasteiger partial charge in [0.2, 0.25) is 5.88 Å². The third kappa shape index (κ3) is 5.93. The van der Waals surface area contributed by atoms with Crippen LogP contribution in [-0.2, 0) is 13.1 Å². The van der Waals surface area contributed by atoms with Crippen LogP contribution in [0, 0.1) is 13.8 Å². The number of aromatic nitrogens is 2. The molecule has 3 rings (SSSR count). The summed E-state index contributed by atoms with van der Waals surface area (Å²) in [7, 11) is 1.76. The topological polar surface area (TPSA) is 80.7 Å². The molecule has 0 radical (unpaired) electrons. The Balaban J connectivity index is 1.53. The molecule has 0 bridgehead atoms. The number of aryl methyl sites for hydroxylation is 2. The van der Waals surface area contributed by atoms with Crippen molar-refractivity contribution in [3.05, 3.63) is 63.7 Å². The zero-order chi connectivity index (χ0) is 21.3.